The highest BCUT2D eigenvalue weighted by Gasteiger charge is 1.72. The lowest BCUT2D eigenvalue weighted by Gasteiger charge is -1.82. The van der Waals surface area contributed by atoms with E-state index in [1.165, 1.54) is 5.57 Å². The molecule has 0 radical (unpaired) electrons. The van der Waals surface area contributed by atoms with Crippen LogP contribution in [0.15, 0.2) is 28.9 Å². The van der Waals surface area contributed by atoms with Crippen molar-refractivity contribution in [1.29, 1.82) is 0 Å². The highest BCUT2D eigenvalue weighted by atomic mass is 14.6. The second kappa shape index (κ2) is 22.5. The van der Waals surface area contributed by atoms with Gasteiger partial charge in [-0.15, -0.1) is 0 Å². The largest absolute Gasteiger partial charge is 0.269 e. The van der Waals surface area contributed by atoms with Crippen LogP contribution in [0.5, 0.6) is 0 Å². The quantitative estimate of drug-likeness (QED) is 0.438. The molecule has 0 aromatic heterocycles. The fourth-order valence-electron chi connectivity index (χ4n) is 0.343. The first-order chi connectivity index (χ1) is 6.31. The van der Waals surface area contributed by atoms with Gasteiger partial charge in [0.15, 0.2) is 0 Å². The zero-order valence-corrected chi connectivity index (χ0v) is 10.3. The molecule has 0 aromatic carbocycles. The number of aliphatic imine (C=N–C) groups is 1. The average Bonchev–Trinajstić information content (AvgIpc) is 2.24. The van der Waals surface area contributed by atoms with Crippen LogP contribution in [0.25, 0.3) is 0 Å². The third-order valence-electron chi connectivity index (χ3n) is 1.03. The number of hydrogen-bond donors (Lipinski definition) is 0. The monoisotopic (exact) mass is 183 g/mol. The molecule has 0 aromatic rings. The predicted molar refractivity (Wildman–Crippen MR) is 65.4 cm³/mol. The van der Waals surface area contributed by atoms with Gasteiger partial charge in [0.2, 0.25) is 0 Å². The Bertz CT molecular complexity index is 141. The summed E-state index contributed by atoms with van der Waals surface area (Å²) in [5, 5.41) is 0. The molecule has 0 N–H and O–H groups in total. The molecular formula is C12H25N. The highest BCUT2D eigenvalue weighted by Crippen LogP contribution is 1.92. The Kier molecular flexibility index (Phi) is 31.2. The van der Waals surface area contributed by atoms with Gasteiger partial charge in [-0.05, 0) is 26.8 Å². The molecule has 0 unspecified atom stereocenters. The maximum absolute atomic E-state index is 3.91. The zero-order chi connectivity index (χ0) is 11.1. The van der Waals surface area contributed by atoms with Crippen LogP contribution in [0.2, 0.25) is 0 Å². The van der Waals surface area contributed by atoms with Crippen molar-refractivity contribution in [2.45, 2.75) is 48.5 Å². The topological polar surface area (TPSA) is 12.4 Å². The summed E-state index contributed by atoms with van der Waals surface area (Å²) in [6.45, 7) is 14.0. The Hall–Kier alpha value is -0.850. The lowest BCUT2D eigenvalue weighted by Crippen LogP contribution is -1.63. The normalized spacial score (nSPS) is 10.5. The minimum Gasteiger partial charge on any atom is -0.269 e. The van der Waals surface area contributed by atoms with E-state index in [9.17, 15) is 0 Å². The number of hydrogen-bond acceptors (Lipinski definition) is 1. The molecule has 0 aliphatic rings. The van der Waals surface area contributed by atoms with Crippen LogP contribution in [0, 0.1) is 0 Å². The second-order valence-corrected chi connectivity index (χ2v) is 1.76. The number of nitrogens with zero attached hydrogens (tertiary/aromatic N) is 1. The van der Waals surface area contributed by atoms with Crippen LogP contribution in [0.4, 0.5) is 0 Å². The van der Waals surface area contributed by atoms with E-state index in [-0.39, 0.29) is 0 Å². The van der Waals surface area contributed by atoms with Crippen molar-refractivity contribution in [2.75, 3.05) is 0 Å². The Morgan fingerprint density at radius 3 is 1.77 bits per heavy atom. The van der Waals surface area contributed by atoms with Crippen molar-refractivity contribution in [3.05, 3.63) is 23.9 Å². The summed E-state index contributed by atoms with van der Waals surface area (Å²) in [7, 11) is 0. The Labute approximate surface area is 84.3 Å². The van der Waals surface area contributed by atoms with Gasteiger partial charge < -0.3 is 0 Å². The van der Waals surface area contributed by atoms with Gasteiger partial charge in [0.25, 0.3) is 0 Å². The Morgan fingerprint density at radius 2 is 1.46 bits per heavy atom. The third-order valence-corrected chi connectivity index (χ3v) is 1.03. The Morgan fingerprint density at radius 1 is 1.00 bits per heavy atom. The van der Waals surface area contributed by atoms with E-state index in [4.69, 9.17) is 0 Å². The first kappa shape index (κ1) is 18.0. The SMILES string of the molecule is CC.CC.CC=N/C=C\C(C)=C/C. The molecule has 0 saturated carbocycles. The van der Waals surface area contributed by atoms with E-state index in [2.05, 4.69) is 4.99 Å². The molecule has 78 valence electrons. The zero-order valence-electron chi connectivity index (χ0n) is 10.3. The van der Waals surface area contributed by atoms with Crippen LogP contribution < -0.4 is 0 Å². The lowest BCUT2D eigenvalue weighted by atomic mass is 10.3. The number of allylic oxidation sites excluding steroid dienone is 3. The van der Waals surface area contributed by atoms with E-state index in [0.717, 1.165) is 0 Å². The predicted octanol–water partition coefficient (Wildman–Crippen LogP) is 4.61. The molecule has 0 bridgehead atoms. The van der Waals surface area contributed by atoms with Crippen LogP contribution in [0.1, 0.15) is 48.5 Å². The van der Waals surface area contributed by atoms with Gasteiger partial charge >= 0.3 is 0 Å². The fourth-order valence-corrected chi connectivity index (χ4v) is 0.343. The van der Waals surface area contributed by atoms with E-state index in [1.54, 1.807) is 12.4 Å². The summed E-state index contributed by atoms with van der Waals surface area (Å²) < 4.78 is 0. The van der Waals surface area contributed by atoms with Gasteiger partial charge in [0.05, 0.1) is 0 Å². The van der Waals surface area contributed by atoms with Crippen molar-refractivity contribution in [3.8, 4) is 0 Å². The van der Waals surface area contributed by atoms with Gasteiger partial charge in [0, 0.05) is 12.4 Å². The van der Waals surface area contributed by atoms with Gasteiger partial charge in [-0.2, -0.15) is 0 Å². The molecule has 1 heteroatoms. The van der Waals surface area contributed by atoms with Crippen LogP contribution >= 0.6 is 0 Å². The van der Waals surface area contributed by atoms with Crippen molar-refractivity contribution >= 4 is 6.21 Å². The summed E-state index contributed by atoms with van der Waals surface area (Å²) in [6.07, 6.45) is 7.57. The average molecular weight is 183 g/mol. The molecule has 0 aliphatic carbocycles. The van der Waals surface area contributed by atoms with E-state index >= 15 is 0 Å². The molecule has 0 amide bonds. The minimum absolute atomic E-state index is 1.24. The molecule has 0 aliphatic heterocycles. The minimum atomic E-state index is 1.24. The lowest BCUT2D eigenvalue weighted by molar-refractivity contribution is 1.44. The van der Waals surface area contributed by atoms with Gasteiger partial charge in [-0.1, -0.05) is 39.3 Å². The maximum Gasteiger partial charge on any atom is 0.0266 e. The van der Waals surface area contributed by atoms with Crippen LogP contribution in [0.3, 0.4) is 0 Å². The molecule has 0 heterocycles. The van der Waals surface area contributed by atoms with Gasteiger partial charge in [0.1, 0.15) is 0 Å². The summed E-state index contributed by atoms with van der Waals surface area (Å²) in [6, 6.07) is 0. The Balaban J connectivity index is -0.000000218. The molecule has 0 spiro atoms. The van der Waals surface area contributed by atoms with Gasteiger partial charge in [-0.25, -0.2) is 0 Å². The molecule has 0 fully saturated rings. The van der Waals surface area contributed by atoms with Crippen molar-refractivity contribution in [1.82, 2.24) is 0 Å². The number of rotatable bonds is 2. The highest BCUT2D eigenvalue weighted by molar-refractivity contribution is 5.54. The molecular weight excluding hydrogens is 158 g/mol. The summed E-state index contributed by atoms with van der Waals surface area (Å²) in [5.41, 5.74) is 1.24. The molecule has 1 nitrogen and oxygen atoms in total. The third kappa shape index (κ3) is 24.7. The molecule has 13 heavy (non-hydrogen) atoms. The van der Waals surface area contributed by atoms with Crippen molar-refractivity contribution in [3.63, 3.8) is 0 Å². The van der Waals surface area contributed by atoms with E-state index in [1.807, 2.05) is 60.6 Å². The smallest absolute Gasteiger partial charge is 0.0266 e. The van der Waals surface area contributed by atoms with Crippen LogP contribution in [-0.4, -0.2) is 6.21 Å². The molecule has 0 atom stereocenters. The van der Waals surface area contributed by atoms with Crippen molar-refractivity contribution in [2.24, 2.45) is 4.99 Å². The second-order valence-electron chi connectivity index (χ2n) is 1.76. The molecule has 0 rings (SSSR count). The molecule has 0 saturated heterocycles. The van der Waals surface area contributed by atoms with Crippen LogP contribution in [-0.2, 0) is 0 Å². The van der Waals surface area contributed by atoms with E-state index in [0.29, 0.717) is 0 Å². The first-order valence-electron chi connectivity index (χ1n) is 5.08. The summed E-state index contributed by atoms with van der Waals surface area (Å²) in [5.74, 6) is 0. The standard InChI is InChI=1S/C8H13N.2C2H6/c1-4-8(3)6-7-9-5-2;2*1-2/h4-7H,1-3H3;2*1-2H3/b7-6-,8-4-,9-5?;;. The maximum atomic E-state index is 3.91. The van der Waals surface area contributed by atoms with Crippen molar-refractivity contribution < 1.29 is 0 Å². The fraction of sp³-hybridized carbons (Fsp3) is 0.583. The summed E-state index contributed by atoms with van der Waals surface area (Å²) >= 11 is 0. The first-order valence-corrected chi connectivity index (χ1v) is 5.08. The summed E-state index contributed by atoms with van der Waals surface area (Å²) in [4.78, 5) is 3.91. The van der Waals surface area contributed by atoms with Gasteiger partial charge in [-0.3, -0.25) is 4.99 Å². The van der Waals surface area contributed by atoms with E-state index < -0.39 is 0 Å².